The van der Waals surface area contributed by atoms with E-state index in [4.69, 9.17) is 0 Å². The highest BCUT2D eigenvalue weighted by Crippen LogP contribution is 2.61. The van der Waals surface area contributed by atoms with E-state index in [1.165, 1.54) is 64.2 Å². The van der Waals surface area contributed by atoms with Gasteiger partial charge in [0.05, 0.1) is 0 Å². The summed E-state index contributed by atoms with van der Waals surface area (Å²) < 4.78 is 0. The van der Waals surface area contributed by atoms with Gasteiger partial charge in [0.15, 0.2) is 5.12 Å². The molecule has 0 radical (unpaired) electrons. The molecule has 2 heteroatoms. The molecule has 0 unspecified atom stereocenters. The molecule has 0 N–H and O–H groups in total. The lowest BCUT2D eigenvalue weighted by Gasteiger charge is -2.55. The van der Waals surface area contributed by atoms with Gasteiger partial charge >= 0.3 is 0 Å². The number of carbonyl (C=O) groups is 1. The third kappa shape index (κ3) is 2.89. The summed E-state index contributed by atoms with van der Waals surface area (Å²) in [5.41, 5.74) is 0.129. The van der Waals surface area contributed by atoms with Crippen LogP contribution in [0.15, 0.2) is 0 Å². The second-order valence-electron chi connectivity index (χ2n) is 7.39. The second-order valence-corrected chi connectivity index (χ2v) is 8.46. The summed E-state index contributed by atoms with van der Waals surface area (Å²) in [6, 6.07) is 0. The minimum absolute atomic E-state index is 0.129. The van der Waals surface area contributed by atoms with Crippen LogP contribution < -0.4 is 0 Å². The number of hydrogen-bond acceptors (Lipinski definition) is 2. The molecule has 4 aliphatic rings. The summed E-state index contributed by atoms with van der Waals surface area (Å²) in [5.74, 6) is 3.77. The van der Waals surface area contributed by atoms with E-state index in [-0.39, 0.29) is 5.41 Å². The van der Waals surface area contributed by atoms with Crippen LogP contribution in [0.1, 0.15) is 71.1 Å². The molecular weight excluding hydrogens is 252 g/mol. The molecule has 0 heterocycles. The Kier molecular flexibility index (Phi) is 4.26. The molecule has 19 heavy (non-hydrogen) atoms. The smallest absolute Gasteiger partial charge is 0.195 e. The fraction of sp³-hybridized carbons (Fsp3) is 0.941. The van der Waals surface area contributed by atoms with Crippen LogP contribution in [0.25, 0.3) is 0 Å². The topological polar surface area (TPSA) is 17.1 Å². The molecular formula is C17H28OS. The average Bonchev–Trinajstić information content (AvgIpc) is 2.36. The van der Waals surface area contributed by atoms with Gasteiger partial charge in [-0.25, -0.2) is 0 Å². The Labute approximate surface area is 122 Å². The normalized spacial score (nSPS) is 39.7. The number of carbonyl (C=O) groups excluding carboxylic acids is 1. The molecule has 4 fully saturated rings. The summed E-state index contributed by atoms with van der Waals surface area (Å²) in [4.78, 5) is 12.7. The SMILES string of the molecule is CCCCCCSC(=O)C12CC3CC(CC(C3)C1)C2. The maximum absolute atomic E-state index is 12.7. The molecule has 0 amide bonds. The minimum Gasteiger partial charge on any atom is -0.287 e. The van der Waals surface area contributed by atoms with Gasteiger partial charge in [0.2, 0.25) is 0 Å². The van der Waals surface area contributed by atoms with E-state index in [1.807, 2.05) is 0 Å². The molecule has 0 atom stereocenters. The Morgan fingerprint density at radius 2 is 1.58 bits per heavy atom. The Bertz CT molecular complexity index is 301. The zero-order valence-corrected chi connectivity index (χ0v) is 13.1. The highest BCUT2D eigenvalue weighted by Gasteiger charge is 2.54. The first-order chi connectivity index (χ1) is 9.22. The summed E-state index contributed by atoms with van der Waals surface area (Å²) in [6.07, 6.45) is 13.2. The van der Waals surface area contributed by atoms with Crippen LogP contribution in [0.5, 0.6) is 0 Å². The Hall–Kier alpha value is 0.0200. The van der Waals surface area contributed by atoms with Gasteiger partial charge in [-0.2, -0.15) is 0 Å². The number of rotatable bonds is 6. The van der Waals surface area contributed by atoms with Crippen LogP contribution in [-0.2, 0) is 4.79 Å². The Balaban J connectivity index is 1.52. The minimum atomic E-state index is 0.129. The maximum Gasteiger partial charge on any atom is 0.195 e. The fourth-order valence-electron chi connectivity index (χ4n) is 5.21. The van der Waals surface area contributed by atoms with Crippen molar-refractivity contribution < 1.29 is 4.79 Å². The van der Waals surface area contributed by atoms with Gasteiger partial charge in [0, 0.05) is 11.2 Å². The van der Waals surface area contributed by atoms with Crippen molar-refractivity contribution >= 4 is 16.9 Å². The number of thioether (sulfide) groups is 1. The van der Waals surface area contributed by atoms with Crippen molar-refractivity contribution in [2.45, 2.75) is 71.1 Å². The summed E-state index contributed by atoms with van der Waals surface area (Å²) in [5, 5.41) is 0.572. The van der Waals surface area contributed by atoms with Crippen LogP contribution in [0.3, 0.4) is 0 Å². The highest BCUT2D eigenvalue weighted by molar-refractivity contribution is 8.13. The van der Waals surface area contributed by atoms with E-state index >= 15 is 0 Å². The van der Waals surface area contributed by atoms with Crippen molar-refractivity contribution in [3.63, 3.8) is 0 Å². The third-order valence-corrected chi connectivity index (χ3v) is 6.89. The van der Waals surface area contributed by atoms with Crippen molar-refractivity contribution in [3.8, 4) is 0 Å². The van der Waals surface area contributed by atoms with Gasteiger partial charge in [0.1, 0.15) is 0 Å². The first-order valence-electron chi connectivity index (χ1n) is 8.39. The molecule has 108 valence electrons. The number of hydrogen-bond donors (Lipinski definition) is 0. The summed E-state index contributed by atoms with van der Waals surface area (Å²) in [7, 11) is 0. The van der Waals surface area contributed by atoms with Crippen molar-refractivity contribution in [1.29, 1.82) is 0 Å². The molecule has 4 rings (SSSR count). The molecule has 0 aromatic heterocycles. The first-order valence-corrected chi connectivity index (χ1v) is 9.37. The molecule has 0 aromatic rings. The van der Waals surface area contributed by atoms with E-state index in [9.17, 15) is 4.79 Å². The van der Waals surface area contributed by atoms with Crippen molar-refractivity contribution in [2.75, 3.05) is 5.75 Å². The summed E-state index contributed by atoms with van der Waals surface area (Å²) >= 11 is 1.68. The fourth-order valence-corrected chi connectivity index (χ4v) is 6.30. The van der Waals surface area contributed by atoms with Gasteiger partial charge in [-0.15, -0.1) is 0 Å². The van der Waals surface area contributed by atoms with Crippen LogP contribution >= 0.6 is 11.8 Å². The van der Waals surface area contributed by atoms with Crippen molar-refractivity contribution in [3.05, 3.63) is 0 Å². The van der Waals surface area contributed by atoms with E-state index in [0.717, 1.165) is 23.5 Å². The summed E-state index contributed by atoms with van der Waals surface area (Å²) in [6.45, 7) is 2.24. The lowest BCUT2D eigenvalue weighted by molar-refractivity contribution is -0.134. The van der Waals surface area contributed by atoms with Gasteiger partial charge in [0.25, 0.3) is 0 Å². The first kappa shape index (κ1) is 14.0. The van der Waals surface area contributed by atoms with Crippen LogP contribution in [0.4, 0.5) is 0 Å². The quantitative estimate of drug-likeness (QED) is 0.634. The average molecular weight is 280 g/mol. The standard InChI is InChI=1S/C17H28OS/c1-2-3-4-5-6-19-16(18)17-10-13-7-14(11-17)9-15(8-13)12-17/h13-15H,2-12H2,1H3. The van der Waals surface area contributed by atoms with Crippen molar-refractivity contribution in [2.24, 2.45) is 23.2 Å². The van der Waals surface area contributed by atoms with E-state index in [0.29, 0.717) is 5.12 Å². The van der Waals surface area contributed by atoms with Crippen molar-refractivity contribution in [1.82, 2.24) is 0 Å². The molecule has 0 aliphatic heterocycles. The molecule has 0 spiro atoms. The second kappa shape index (κ2) is 5.79. The highest BCUT2D eigenvalue weighted by atomic mass is 32.2. The molecule has 0 saturated heterocycles. The molecule has 4 aliphatic carbocycles. The largest absolute Gasteiger partial charge is 0.287 e. The van der Waals surface area contributed by atoms with E-state index in [2.05, 4.69) is 6.92 Å². The molecule has 4 saturated carbocycles. The molecule has 4 bridgehead atoms. The van der Waals surface area contributed by atoms with Gasteiger partial charge in [-0.3, -0.25) is 4.79 Å². The van der Waals surface area contributed by atoms with Crippen LogP contribution in [-0.4, -0.2) is 10.9 Å². The van der Waals surface area contributed by atoms with Crippen LogP contribution in [0, 0.1) is 23.2 Å². The predicted octanol–water partition coefficient (Wildman–Crippen LogP) is 5.04. The van der Waals surface area contributed by atoms with E-state index in [1.54, 1.807) is 11.8 Å². The lowest BCUT2D eigenvalue weighted by Crippen LogP contribution is -2.49. The van der Waals surface area contributed by atoms with Gasteiger partial charge in [-0.1, -0.05) is 37.9 Å². The monoisotopic (exact) mass is 280 g/mol. The molecule has 1 nitrogen and oxygen atoms in total. The zero-order chi connectivity index (χ0) is 13.3. The Morgan fingerprint density at radius 3 is 2.11 bits per heavy atom. The van der Waals surface area contributed by atoms with E-state index < -0.39 is 0 Å². The maximum atomic E-state index is 12.7. The molecule has 0 aromatic carbocycles. The predicted molar refractivity (Wildman–Crippen MR) is 82.2 cm³/mol. The third-order valence-electron chi connectivity index (χ3n) is 5.70. The van der Waals surface area contributed by atoms with Crippen LogP contribution in [0.2, 0.25) is 0 Å². The van der Waals surface area contributed by atoms with Gasteiger partial charge in [-0.05, 0) is 62.7 Å². The number of unbranched alkanes of at least 4 members (excludes halogenated alkanes) is 3. The zero-order valence-electron chi connectivity index (χ0n) is 12.3. The lowest BCUT2D eigenvalue weighted by atomic mass is 9.50. The van der Waals surface area contributed by atoms with Gasteiger partial charge < -0.3 is 0 Å². The Morgan fingerprint density at radius 1 is 1.00 bits per heavy atom.